The van der Waals surface area contributed by atoms with Crippen molar-refractivity contribution in [3.63, 3.8) is 0 Å². The predicted octanol–water partition coefficient (Wildman–Crippen LogP) is 4.44. The molecule has 1 unspecified atom stereocenters. The molecule has 0 saturated carbocycles. The smallest absolute Gasteiger partial charge is 0.411 e. The number of ether oxygens (including phenoxy) is 2. The summed E-state index contributed by atoms with van der Waals surface area (Å²) in [4.78, 5) is 35.8. The third-order valence-corrected chi connectivity index (χ3v) is 5.82. The van der Waals surface area contributed by atoms with Crippen molar-refractivity contribution in [2.45, 2.75) is 64.8 Å². The van der Waals surface area contributed by atoms with Gasteiger partial charge in [-0.25, -0.2) is 14.6 Å². The molecule has 9 heteroatoms. The third kappa shape index (κ3) is 5.85. The summed E-state index contributed by atoms with van der Waals surface area (Å²) >= 11 is 1.58. The lowest BCUT2D eigenvalue weighted by Crippen LogP contribution is -2.43. The Labute approximate surface area is 191 Å². The molecule has 8 nitrogen and oxygen atoms in total. The van der Waals surface area contributed by atoms with E-state index in [0.717, 1.165) is 16.1 Å². The summed E-state index contributed by atoms with van der Waals surface area (Å²) in [7, 11) is 0. The van der Waals surface area contributed by atoms with Crippen LogP contribution >= 0.6 is 11.3 Å². The number of carboxylic acid groups (broad SMARTS) is 1. The fraction of sp³-hybridized carbons (Fsp3) is 0.478. The van der Waals surface area contributed by atoms with Crippen LogP contribution in [0, 0.1) is 6.92 Å². The van der Waals surface area contributed by atoms with Crippen molar-refractivity contribution in [2.24, 2.45) is 4.99 Å². The first-order valence-corrected chi connectivity index (χ1v) is 11.4. The van der Waals surface area contributed by atoms with Crippen LogP contribution in [-0.4, -0.2) is 57.2 Å². The summed E-state index contributed by atoms with van der Waals surface area (Å²) in [5.74, 6) is -0.670. The van der Waals surface area contributed by atoms with Crippen molar-refractivity contribution in [3.05, 3.63) is 52.0 Å². The molecule has 1 fully saturated rings. The number of aromatic nitrogens is 1. The topological polar surface area (TPSA) is 101 Å². The van der Waals surface area contributed by atoms with Crippen LogP contribution in [-0.2, 0) is 14.3 Å². The van der Waals surface area contributed by atoms with Crippen LogP contribution in [0.2, 0.25) is 0 Å². The number of nitrogens with zero attached hydrogens (tertiary/aromatic N) is 3. The number of carbonyl (C=O) groups is 2. The second-order valence-electron chi connectivity index (χ2n) is 8.72. The summed E-state index contributed by atoms with van der Waals surface area (Å²) in [5.41, 5.74) is 0.921. The quantitative estimate of drug-likeness (QED) is 0.524. The van der Waals surface area contributed by atoms with Crippen molar-refractivity contribution >= 4 is 29.3 Å². The SMILES string of the molecule is Cc1sccc1/C(=N\C(C)c1ccccn1)O[C@@H]1C[C@@H](C(=O)O)N(C(=O)OC(C)(C)C)C1. The van der Waals surface area contributed by atoms with E-state index in [4.69, 9.17) is 14.5 Å². The van der Waals surface area contributed by atoms with E-state index in [0.29, 0.717) is 5.90 Å². The minimum atomic E-state index is -1.09. The van der Waals surface area contributed by atoms with E-state index in [2.05, 4.69) is 4.98 Å². The number of aliphatic imine (C=N–C) groups is 1. The number of aliphatic carboxylic acids is 1. The highest BCUT2D eigenvalue weighted by Crippen LogP contribution is 2.27. The van der Waals surface area contributed by atoms with E-state index in [1.54, 1.807) is 38.3 Å². The molecular formula is C23H29N3O5S. The molecule has 3 atom stereocenters. The fourth-order valence-corrected chi connectivity index (χ4v) is 4.12. The Balaban J connectivity index is 1.85. The van der Waals surface area contributed by atoms with Gasteiger partial charge in [-0.15, -0.1) is 11.3 Å². The van der Waals surface area contributed by atoms with E-state index in [9.17, 15) is 14.7 Å². The molecule has 0 radical (unpaired) electrons. The second kappa shape index (κ2) is 9.68. The fourth-order valence-electron chi connectivity index (χ4n) is 3.43. The van der Waals surface area contributed by atoms with Crippen molar-refractivity contribution in [1.29, 1.82) is 0 Å². The maximum absolute atomic E-state index is 12.6. The summed E-state index contributed by atoms with van der Waals surface area (Å²) in [5, 5.41) is 11.6. The molecule has 0 bridgehead atoms. The summed E-state index contributed by atoms with van der Waals surface area (Å²) < 4.78 is 11.6. The number of hydrogen-bond acceptors (Lipinski definition) is 7. The predicted molar refractivity (Wildman–Crippen MR) is 122 cm³/mol. The van der Waals surface area contributed by atoms with Crippen LogP contribution in [0.25, 0.3) is 0 Å². The Bertz CT molecular complexity index is 983. The molecule has 1 aliphatic heterocycles. The number of carbonyl (C=O) groups excluding carboxylic acids is 1. The molecule has 172 valence electrons. The van der Waals surface area contributed by atoms with Crippen molar-refractivity contribution in [3.8, 4) is 0 Å². The van der Waals surface area contributed by atoms with E-state index >= 15 is 0 Å². The number of thiophene rings is 1. The number of hydrogen-bond donors (Lipinski definition) is 1. The largest absolute Gasteiger partial charge is 0.480 e. The lowest BCUT2D eigenvalue weighted by molar-refractivity contribution is -0.142. The zero-order chi connectivity index (χ0) is 23.5. The highest BCUT2D eigenvalue weighted by molar-refractivity contribution is 7.10. The average Bonchev–Trinajstić information content (AvgIpc) is 3.33. The number of rotatable bonds is 5. The lowest BCUT2D eigenvalue weighted by Gasteiger charge is -2.26. The van der Waals surface area contributed by atoms with E-state index in [1.165, 1.54) is 4.90 Å². The number of pyridine rings is 1. The van der Waals surface area contributed by atoms with Crippen LogP contribution < -0.4 is 0 Å². The van der Waals surface area contributed by atoms with Gasteiger partial charge in [0.05, 0.1) is 18.3 Å². The van der Waals surface area contributed by atoms with Gasteiger partial charge in [-0.1, -0.05) is 6.07 Å². The minimum Gasteiger partial charge on any atom is -0.480 e. The Morgan fingerprint density at radius 1 is 1.31 bits per heavy atom. The molecule has 1 amide bonds. The van der Waals surface area contributed by atoms with Crippen molar-refractivity contribution in [1.82, 2.24) is 9.88 Å². The van der Waals surface area contributed by atoms with Gasteiger partial charge in [0.15, 0.2) is 0 Å². The zero-order valence-electron chi connectivity index (χ0n) is 18.9. The molecule has 1 N–H and O–H groups in total. The van der Waals surface area contributed by atoms with E-state index < -0.39 is 29.8 Å². The molecule has 2 aromatic rings. The van der Waals surface area contributed by atoms with Crippen molar-refractivity contribution in [2.75, 3.05) is 6.54 Å². The third-order valence-electron chi connectivity index (χ3n) is 4.97. The number of likely N-dealkylation sites (tertiary alicyclic amines) is 1. The van der Waals surface area contributed by atoms with Crippen LogP contribution in [0.4, 0.5) is 4.79 Å². The number of aryl methyl sites for hydroxylation is 1. The first-order valence-electron chi connectivity index (χ1n) is 10.5. The molecule has 32 heavy (non-hydrogen) atoms. The first-order chi connectivity index (χ1) is 15.0. The maximum atomic E-state index is 12.6. The summed E-state index contributed by atoms with van der Waals surface area (Å²) in [6, 6.07) is 6.29. The minimum absolute atomic E-state index is 0.103. The van der Waals surface area contributed by atoms with Gasteiger partial charge in [-0.2, -0.15) is 0 Å². The van der Waals surface area contributed by atoms with Gasteiger partial charge >= 0.3 is 12.1 Å². The molecule has 3 rings (SSSR count). The standard InChI is InChI=1S/C23H29N3O5S/c1-14(18-8-6-7-10-24-18)25-20(17-9-11-32-15(17)2)30-16-12-19(21(27)28)26(13-16)22(29)31-23(3,4)5/h6-11,14,16,19H,12-13H2,1-5H3,(H,27,28)/b25-20+/t14?,16-,19+/m1/s1. The summed E-state index contributed by atoms with van der Waals surface area (Å²) in [6.07, 6.45) is 0.667. The van der Waals surface area contributed by atoms with Gasteiger partial charge in [-0.05, 0) is 58.2 Å². The van der Waals surface area contributed by atoms with E-state index in [1.807, 2.05) is 43.5 Å². The highest BCUT2D eigenvalue weighted by atomic mass is 32.1. The lowest BCUT2D eigenvalue weighted by atomic mass is 10.2. The zero-order valence-corrected chi connectivity index (χ0v) is 19.8. The molecule has 3 heterocycles. The number of amides is 1. The Kier molecular flexibility index (Phi) is 7.18. The molecule has 0 aromatic carbocycles. The Hall–Kier alpha value is -2.94. The van der Waals surface area contributed by atoms with Gasteiger partial charge in [0, 0.05) is 23.1 Å². The van der Waals surface area contributed by atoms with Gasteiger partial charge in [-0.3, -0.25) is 9.88 Å². The molecule has 1 saturated heterocycles. The first kappa shape index (κ1) is 23.7. The van der Waals surface area contributed by atoms with Crippen LogP contribution in [0.3, 0.4) is 0 Å². The second-order valence-corrected chi connectivity index (χ2v) is 9.84. The number of carboxylic acids is 1. The maximum Gasteiger partial charge on any atom is 0.411 e. The van der Waals surface area contributed by atoms with Crippen molar-refractivity contribution < 1.29 is 24.2 Å². The molecular weight excluding hydrogens is 430 g/mol. The molecule has 2 aromatic heterocycles. The van der Waals surface area contributed by atoms with E-state index in [-0.39, 0.29) is 19.0 Å². The van der Waals surface area contributed by atoms with Crippen LogP contribution in [0.1, 0.15) is 56.3 Å². The molecule has 0 aliphatic carbocycles. The monoisotopic (exact) mass is 459 g/mol. The normalized spacial score (nSPS) is 20.2. The average molecular weight is 460 g/mol. The van der Waals surface area contributed by atoms with Gasteiger partial charge in [0.25, 0.3) is 0 Å². The Morgan fingerprint density at radius 2 is 2.06 bits per heavy atom. The van der Waals surface area contributed by atoms with Crippen LogP contribution in [0.15, 0.2) is 40.8 Å². The molecule has 0 spiro atoms. The summed E-state index contributed by atoms with van der Waals surface area (Å²) in [6.45, 7) is 9.24. The highest BCUT2D eigenvalue weighted by Gasteiger charge is 2.43. The van der Waals surface area contributed by atoms with Gasteiger partial charge in [0.2, 0.25) is 5.90 Å². The van der Waals surface area contributed by atoms with Gasteiger partial charge < -0.3 is 14.6 Å². The molecule has 1 aliphatic rings. The van der Waals surface area contributed by atoms with Crippen LogP contribution in [0.5, 0.6) is 0 Å². The van der Waals surface area contributed by atoms with Gasteiger partial charge in [0.1, 0.15) is 17.7 Å². The Morgan fingerprint density at radius 3 is 2.62 bits per heavy atom.